The number of likely N-dealkylation sites (N-methyl/N-ethyl adjacent to an activating group) is 1. The fourth-order valence-electron chi connectivity index (χ4n) is 12.4. The van der Waals surface area contributed by atoms with Crippen LogP contribution in [0.5, 0.6) is 0 Å². The number of rotatable bonds is 8. The number of hydrogen-bond donors (Lipinski definition) is 3. The number of anilines is 1. The van der Waals surface area contributed by atoms with E-state index in [1.165, 1.54) is 5.57 Å². The molecule has 6 rings (SSSR count). The smallest absolute Gasteiger partial charge is 0.307 e. The molecule has 5 aliphatic rings. The molecule has 3 saturated carbocycles. The van der Waals surface area contributed by atoms with Gasteiger partial charge in [0.05, 0.1) is 31.8 Å². The minimum atomic E-state index is -0.634. The number of fused-ring (bicyclic) bond motifs is 3. The van der Waals surface area contributed by atoms with Crippen molar-refractivity contribution in [3.05, 3.63) is 11.6 Å². The van der Waals surface area contributed by atoms with Crippen molar-refractivity contribution >= 4 is 11.9 Å². The number of aromatic nitrogens is 4. The molecule has 2 heterocycles. The summed E-state index contributed by atoms with van der Waals surface area (Å²) in [5.41, 5.74) is 6.16. The van der Waals surface area contributed by atoms with E-state index in [1.807, 2.05) is 7.05 Å². The predicted molar refractivity (Wildman–Crippen MR) is 187 cm³/mol. The van der Waals surface area contributed by atoms with Crippen LogP contribution in [-0.2, 0) is 14.3 Å². The van der Waals surface area contributed by atoms with Gasteiger partial charge in [-0.25, -0.2) is 0 Å². The van der Waals surface area contributed by atoms with Crippen molar-refractivity contribution in [2.45, 2.75) is 126 Å². The molecule has 12 atom stereocenters. The van der Waals surface area contributed by atoms with E-state index in [2.05, 4.69) is 96.0 Å². The summed E-state index contributed by atoms with van der Waals surface area (Å²) in [4.78, 5) is 15.2. The Morgan fingerprint density at radius 1 is 1.15 bits per heavy atom. The maximum atomic E-state index is 13.5. The SMILES string of the molecule is CN[C@@H](CO[C@H]1[C@H](n2nnc(N)n2)C[C@]2(C)COC[C@@]13C1=CC[C@@]4(C)[C@H](C(=O)O)[C@@](C)([C@H](C)C(C)C)CC[C@]4(C)[C@H]1CC[C@H]23)C(C)(C)C. The molecule has 0 spiro atoms. The molecule has 1 saturated heterocycles. The molecule has 270 valence electrons. The molecule has 0 amide bonds. The molecular formula is C38H64N6O4. The van der Waals surface area contributed by atoms with Gasteiger partial charge in [-0.1, -0.05) is 86.0 Å². The molecule has 1 aliphatic heterocycles. The number of nitrogens with one attached hydrogen (secondary N) is 1. The van der Waals surface area contributed by atoms with Gasteiger partial charge in [0.2, 0.25) is 0 Å². The van der Waals surface area contributed by atoms with E-state index in [9.17, 15) is 9.90 Å². The Morgan fingerprint density at radius 3 is 2.44 bits per heavy atom. The van der Waals surface area contributed by atoms with Crippen molar-refractivity contribution in [3.8, 4) is 0 Å². The van der Waals surface area contributed by atoms with Gasteiger partial charge in [0.25, 0.3) is 5.95 Å². The van der Waals surface area contributed by atoms with Crippen LogP contribution in [0.25, 0.3) is 0 Å². The van der Waals surface area contributed by atoms with Gasteiger partial charge in [-0.3, -0.25) is 4.79 Å². The van der Waals surface area contributed by atoms with Crippen molar-refractivity contribution in [1.82, 2.24) is 25.5 Å². The van der Waals surface area contributed by atoms with Crippen LogP contribution in [0.15, 0.2) is 11.6 Å². The number of carboxylic acids is 1. The number of nitrogens with zero attached hydrogens (tertiary/aromatic N) is 4. The molecule has 4 fully saturated rings. The number of nitrogen functional groups attached to an aromatic ring is 1. The monoisotopic (exact) mass is 668 g/mol. The standard InChI is InChI=1S/C38H64N6O4/c1-22(2)23(3)35(8)16-17-36(9)24-12-13-27-34(7)18-26(44-42-32(39)41-43-44)30(48-19-28(40-11)33(4,5)6)38(27,21-47-20-34)25(24)14-15-37(36,10)29(35)31(45)46/h14,22-24,26-30,40H,12-13,15-21H2,1-11H3,(H2,39,42)(H,45,46)/t23-,24+,26-,27-,28+,29-,30+,34-,35-,36-,37+,38+/m1/s1. The first-order valence-corrected chi connectivity index (χ1v) is 18.6. The van der Waals surface area contributed by atoms with E-state index in [4.69, 9.17) is 15.2 Å². The third-order valence-corrected chi connectivity index (χ3v) is 15.6. The Bertz CT molecular complexity index is 1420. The molecule has 10 heteroatoms. The van der Waals surface area contributed by atoms with Crippen molar-refractivity contribution in [3.63, 3.8) is 0 Å². The average molecular weight is 669 g/mol. The van der Waals surface area contributed by atoms with Crippen LogP contribution < -0.4 is 11.1 Å². The summed E-state index contributed by atoms with van der Waals surface area (Å²) in [5.74, 6) is 0.421. The molecule has 0 aromatic carbocycles. The summed E-state index contributed by atoms with van der Waals surface area (Å²) in [6.45, 7) is 24.7. The maximum Gasteiger partial charge on any atom is 0.307 e. The average Bonchev–Trinajstić information content (AvgIpc) is 3.43. The quantitative estimate of drug-likeness (QED) is 0.269. The van der Waals surface area contributed by atoms with E-state index in [0.29, 0.717) is 37.6 Å². The van der Waals surface area contributed by atoms with Gasteiger partial charge in [-0.2, -0.15) is 4.80 Å². The van der Waals surface area contributed by atoms with Gasteiger partial charge in [0.1, 0.15) is 6.04 Å². The van der Waals surface area contributed by atoms with Crippen LogP contribution in [0.1, 0.15) is 114 Å². The molecular weight excluding hydrogens is 604 g/mol. The van der Waals surface area contributed by atoms with Gasteiger partial charge >= 0.3 is 5.97 Å². The number of hydrogen-bond acceptors (Lipinski definition) is 8. The number of carbonyl (C=O) groups is 1. The summed E-state index contributed by atoms with van der Waals surface area (Å²) in [7, 11) is 2.01. The summed E-state index contributed by atoms with van der Waals surface area (Å²) in [6, 6.07) is -0.0260. The van der Waals surface area contributed by atoms with Gasteiger partial charge < -0.3 is 25.6 Å². The third kappa shape index (κ3) is 4.95. The first kappa shape index (κ1) is 35.8. The largest absolute Gasteiger partial charge is 0.481 e. The lowest BCUT2D eigenvalue weighted by Crippen LogP contribution is -2.70. The number of allylic oxidation sites excluding steroid dienone is 1. The number of nitrogens with two attached hydrogens (primary N) is 1. The highest BCUT2D eigenvalue weighted by atomic mass is 16.5. The zero-order valence-electron chi connectivity index (χ0n) is 31.6. The van der Waals surface area contributed by atoms with Crippen LogP contribution in [0, 0.1) is 62.1 Å². The molecule has 0 unspecified atom stereocenters. The lowest BCUT2D eigenvalue weighted by atomic mass is 9.34. The zero-order valence-corrected chi connectivity index (χ0v) is 31.6. The summed E-state index contributed by atoms with van der Waals surface area (Å²) >= 11 is 0. The van der Waals surface area contributed by atoms with E-state index in [-0.39, 0.29) is 57.1 Å². The Hall–Kier alpha value is -2.04. The minimum absolute atomic E-state index is 0.00823. The van der Waals surface area contributed by atoms with Gasteiger partial charge in [-0.05, 0) is 102 Å². The lowest BCUT2D eigenvalue weighted by molar-refractivity contribution is -0.254. The van der Waals surface area contributed by atoms with E-state index >= 15 is 0 Å². The Kier molecular flexibility index (Phi) is 8.76. The van der Waals surface area contributed by atoms with Gasteiger partial charge in [-0.15, -0.1) is 5.10 Å². The fourth-order valence-corrected chi connectivity index (χ4v) is 12.4. The van der Waals surface area contributed by atoms with Crippen LogP contribution in [0.2, 0.25) is 0 Å². The van der Waals surface area contributed by atoms with Crippen molar-refractivity contribution in [2.75, 3.05) is 32.6 Å². The molecule has 2 bridgehead atoms. The second-order valence-corrected chi connectivity index (χ2v) is 19.1. The Balaban J connectivity index is 1.51. The van der Waals surface area contributed by atoms with Crippen LogP contribution in [0.4, 0.5) is 5.95 Å². The molecule has 1 aromatic heterocycles. The predicted octanol–water partition coefficient (Wildman–Crippen LogP) is 6.40. The second-order valence-electron chi connectivity index (χ2n) is 19.1. The normalized spacial score (nSPS) is 43.8. The van der Waals surface area contributed by atoms with Gasteiger partial charge in [0.15, 0.2) is 0 Å². The van der Waals surface area contributed by atoms with Crippen molar-refractivity contribution in [1.29, 1.82) is 0 Å². The van der Waals surface area contributed by atoms with E-state index in [1.54, 1.807) is 4.80 Å². The molecule has 48 heavy (non-hydrogen) atoms. The molecule has 4 aliphatic carbocycles. The third-order valence-electron chi connectivity index (χ3n) is 15.6. The highest BCUT2D eigenvalue weighted by Crippen LogP contribution is 2.75. The Morgan fingerprint density at radius 2 is 1.85 bits per heavy atom. The van der Waals surface area contributed by atoms with E-state index in [0.717, 1.165) is 38.5 Å². The Labute approximate surface area is 288 Å². The number of tetrazole rings is 1. The zero-order chi connectivity index (χ0) is 35.2. The molecule has 0 radical (unpaired) electrons. The molecule has 4 N–H and O–H groups in total. The number of carboxylic acid groups (broad SMARTS) is 1. The van der Waals surface area contributed by atoms with Crippen LogP contribution in [-0.4, -0.2) is 70.3 Å². The topological polar surface area (TPSA) is 137 Å². The highest BCUT2D eigenvalue weighted by molar-refractivity contribution is 5.73. The first-order chi connectivity index (χ1) is 22.3. The van der Waals surface area contributed by atoms with Gasteiger partial charge in [0, 0.05) is 11.5 Å². The first-order valence-electron chi connectivity index (χ1n) is 18.6. The summed E-state index contributed by atoms with van der Waals surface area (Å²) in [5, 5.41) is 27.8. The molecule has 1 aromatic rings. The highest BCUT2D eigenvalue weighted by Gasteiger charge is 2.72. The van der Waals surface area contributed by atoms with Crippen molar-refractivity contribution < 1.29 is 19.4 Å². The number of aliphatic carboxylic acids is 1. The number of ether oxygens (including phenoxy) is 2. The lowest BCUT2D eigenvalue weighted by Gasteiger charge is -2.71. The van der Waals surface area contributed by atoms with E-state index < -0.39 is 17.3 Å². The minimum Gasteiger partial charge on any atom is -0.481 e. The summed E-state index contributed by atoms with van der Waals surface area (Å²) < 4.78 is 14.0. The maximum absolute atomic E-state index is 13.5. The second kappa shape index (κ2) is 11.8. The fraction of sp³-hybridized carbons (Fsp3) is 0.895. The molecule has 10 nitrogen and oxygen atoms in total. The van der Waals surface area contributed by atoms with Crippen molar-refractivity contribution in [2.24, 2.45) is 62.1 Å². The summed E-state index contributed by atoms with van der Waals surface area (Å²) in [6.07, 6.45) is 7.86. The van der Waals surface area contributed by atoms with Crippen LogP contribution in [0.3, 0.4) is 0 Å². The van der Waals surface area contributed by atoms with Crippen LogP contribution >= 0.6 is 0 Å².